The zero-order chi connectivity index (χ0) is 15.6. The van der Waals surface area contributed by atoms with Crippen molar-refractivity contribution >= 4 is 15.9 Å². The van der Waals surface area contributed by atoms with Gasteiger partial charge in [-0.3, -0.25) is 11.3 Å². The van der Waals surface area contributed by atoms with E-state index in [0.29, 0.717) is 11.1 Å². The Balaban J connectivity index is 2.38. The Morgan fingerprint density at radius 1 is 1.19 bits per heavy atom. The van der Waals surface area contributed by atoms with Gasteiger partial charge in [0.25, 0.3) is 0 Å². The molecule has 0 aliphatic rings. The molecule has 1 unspecified atom stereocenters. The molecule has 2 rings (SSSR count). The molecule has 3 N–H and O–H groups in total. The van der Waals surface area contributed by atoms with Crippen LogP contribution in [-0.4, -0.2) is 0 Å². The molecule has 21 heavy (non-hydrogen) atoms. The number of nitrogens with two attached hydrogens (primary N) is 1. The summed E-state index contributed by atoms with van der Waals surface area (Å²) in [6.45, 7) is 1.72. The second-order valence-corrected chi connectivity index (χ2v) is 5.60. The van der Waals surface area contributed by atoms with Crippen LogP contribution in [0, 0.1) is 24.4 Å². The second kappa shape index (κ2) is 6.60. The van der Waals surface area contributed by atoms with Crippen LogP contribution in [0.5, 0.6) is 0 Å². The van der Waals surface area contributed by atoms with Crippen LogP contribution in [0.15, 0.2) is 34.8 Å². The summed E-state index contributed by atoms with van der Waals surface area (Å²) in [6, 6.07) is 6.18. The maximum absolute atomic E-state index is 14.0. The standard InChI is InChI=1S/C15H14BrF3N2/c1-8-6-9(17)2-3-10(8)14(21-20)7-11-13(18)5-4-12(16)15(11)19/h2-6,14,21H,7,20H2,1H3. The van der Waals surface area contributed by atoms with Crippen molar-refractivity contribution in [1.29, 1.82) is 0 Å². The fraction of sp³-hybridized carbons (Fsp3) is 0.200. The summed E-state index contributed by atoms with van der Waals surface area (Å²) in [5.41, 5.74) is 3.81. The lowest BCUT2D eigenvalue weighted by Gasteiger charge is -2.19. The van der Waals surface area contributed by atoms with Crippen LogP contribution in [0.2, 0.25) is 0 Å². The number of hydrogen-bond acceptors (Lipinski definition) is 2. The minimum absolute atomic E-state index is 0.0140. The zero-order valence-corrected chi connectivity index (χ0v) is 12.8. The van der Waals surface area contributed by atoms with E-state index in [2.05, 4.69) is 21.4 Å². The Labute approximate surface area is 129 Å². The maximum Gasteiger partial charge on any atom is 0.143 e. The first kappa shape index (κ1) is 16.0. The molecular weight excluding hydrogens is 345 g/mol. The lowest BCUT2D eigenvalue weighted by atomic mass is 9.95. The van der Waals surface area contributed by atoms with Gasteiger partial charge in [-0.15, -0.1) is 0 Å². The number of hydrogen-bond donors (Lipinski definition) is 2. The molecule has 0 saturated heterocycles. The Bertz CT molecular complexity index is 662. The third-order valence-corrected chi connectivity index (χ3v) is 3.97. The first-order chi connectivity index (χ1) is 9.93. The van der Waals surface area contributed by atoms with Crippen molar-refractivity contribution in [3.05, 3.63) is 68.9 Å². The quantitative estimate of drug-likeness (QED) is 0.493. The van der Waals surface area contributed by atoms with Crippen molar-refractivity contribution in [3.63, 3.8) is 0 Å². The Hall–Kier alpha value is -1.37. The zero-order valence-electron chi connectivity index (χ0n) is 11.3. The van der Waals surface area contributed by atoms with Crippen LogP contribution in [0.1, 0.15) is 22.7 Å². The highest BCUT2D eigenvalue weighted by molar-refractivity contribution is 9.10. The van der Waals surface area contributed by atoms with Gasteiger partial charge in [-0.05, 0) is 64.7 Å². The van der Waals surface area contributed by atoms with Crippen LogP contribution < -0.4 is 11.3 Å². The monoisotopic (exact) mass is 358 g/mol. The van der Waals surface area contributed by atoms with E-state index in [-0.39, 0.29) is 22.3 Å². The molecule has 0 saturated carbocycles. The van der Waals surface area contributed by atoms with Gasteiger partial charge in [0.05, 0.1) is 10.5 Å². The Morgan fingerprint density at radius 2 is 1.90 bits per heavy atom. The minimum atomic E-state index is -0.657. The number of halogens is 4. The van der Waals surface area contributed by atoms with Crippen LogP contribution in [-0.2, 0) is 6.42 Å². The molecule has 0 bridgehead atoms. The molecule has 0 aliphatic carbocycles. The van der Waals surface area contributed by atoms with E-state index in [0.717, 1.165) is 0 Å². The summed E-state index contributed by atoms with van der Waals surface area (Å²) in [5, 5.41) is 0. The average Bonchev–Trinajstić information content (AvgIpc) is 2.44. The first-order valence-electron chi connectivity index (χ1n) is 6.28. The lowest BCUT2D eigenvalue weighted by molar-refractivity contribution is 0.495. The molecule has 2 aromatic rings. The summed E-state index contributed by atoms with van der Waals surface area (Å²) < 4.78 is 41.2. The average molecular weight is 359 g/mol. The van der Waals surface area contributed by atoms with E-state index in [1.54, 1.807) is 13.0 Å². The van der Waals surface area contributed by atoms with Crippen LogP contribution >= 0.6 is 15.9 Å². The van der Waals surface area contributed by atoms with Gasteiger partial charge in [0, 0.05) is 5.56 Å². The second-order valence-electron chi connectivity index (χ2n) is 4.75. The van der Waals surface area contributed by atoms with Crippen molar-refractivity contribution in [1.82, 2.24) is 5.43 Å². The summed E-state index contributed by atoms with van der Waals surface area (Å²) in [5.74, 6) is 3.83. The predicted octanol–water partition coefficient (Wildman–Crippen LogP) is 3.92. The Morgan fingerprint density at radius 3 is 2.52 bits per heavy atom. The molecule has 2 aromatic carbocycles. The van der Waals surface area contributed by atoms with Crippen LogP contribution in [0.3, 0.4) is 0 Å². The molecule has 112 valence electrons. The van der Waals surface area contributed by atoms with E-state index >= 15 is 0 Å². The normalized spacial score (nSPS) is 12.5. The molecule has 2 nitrogen and oxygen atoms in total. The van der Waals surface area contributed by atoms with Crippen molar-refractivity contribution in [2.45, 2.75) is 19.4 Å². The van der Waals surface area contributed by atoms with Gasteiger partial charge in [-0.25, -0.2) is 13.2 Å². The van der Waals surface area contributed by atoms with E-state index in [9.17, 15) is 13.2 Å². The third kappa shape index (κ3) is 3.45. The fourth-order valence-electron chi connectivity index (χ4n) is 2.25. The van der Waals surface area contributed by atoms with E-state index in [4.69, 9.17) is 5.84 Å². The molecule has 0 aliphatic heterocycles. The Kier molecular flexibility index (Phi) is 5.03. The number of benzene rings is 2. The molecule has 0 radical (unpaired) electrons. The number of aryl methyl sites for hydroxylation is 1. The molecule has 0 fully saturated rings. The first-order valence-corrected chi connectivity index (χ1v) is 7.08. The highest BCUT2D eigenvalue weighted by Gasteiger charge is 2.19. The molecule has 0 heterocycles. The van der Waals surface area contributed by atoms with Gasteiger partial charge < -0.3 is 0 Å². The molecule has 0 amide bonds. The van der Waals surface area contributed by atoms with Crippen molar-refractivity contribution in [3.8, 4) is 0 Å². The van der Waals surface area contributed by atoms with E-state index in [1.807, 2.05) is 0 Å². The van der Waals surface area contributed by atoms with Gasteiger partial charge >= 0.3 is 0 Å². The van der Waals surface area contributed by atoms with Crippen molar-refractivity contribution in [2.75, 3.05) is 0 Å². The van der Waals surface area contributed by atoms with Crippen LogP contribution in [0.25, 0.3) is 0 Å². The molecular formula is C15H14BrF3N2. The SMILES string of the molecule is Cc1cc(F)ccc1C(Cc1c(F)ccc(Br)c1F)NN. The summed E-state index contributed by atoms with van der Waals surface area (Å²) >= 11 is 3.03. The minimum Gasteiger partial charge on any atom is -0.271 e. The van der Waals surface area contributed by atoms with Crippen molar-refractivity contribution < 1.29 is 13.2 Å². The smallest absolute Gasteiger partial charge is 0.143 e. The summed E-state index contributed by atoms with van der Waals surface area (Å²) in [6.07, 6.45) is 0.0140. The summed E-state index contributed by atoms with van der Waals surface area (Å²) in [4.78, 5) is 0. The van der Waals surface area contributed by atoms with Gasteiger partial charge in [0.1, 0.15) is 17.5 Å². The molecule has 1 atom stereocenters. The maximum atomic E-state index is 14.0. The molecule has 0 spiro atoms. The predicted molar refractivity (Wildman–Crippen MR) is 79.0 cm³/mol. The lowest BCUT2D eigenvalue weighted by Crippen LogP contribution is -2.30. The molecule has 6 heteroatoms. The largest absolute Gasteiger partial charge is 0.271 e. The highest BCUT2D eigenvalue weighted by Crippen LogP contribution is 2.27. The van der Waals surface area contributed by atoms with Gasteiger partial charge in [-0.2, -0.15) is 0 Å². The fourth-order valence-corrected chi connectivity index (χ4v) is 2.62. The van der Waals surface area contributed by atoms with Crippen molar-refractivity contribution in [2.24, 2.45) is 5.84 Å². The third-order valence-electron chi connectivity index (χ3n) is 3.36. The topological polar surface area (TPSA) is 38.0 Å². The number of nitrogens with one attached hydrogen (secondary N) is 1. The van der Waals surface area contributed by atoms with Gasteiger partial charge in [0.15, 0.2) is 0 Å². The highest BCUT2D eigenvalue weighted by atomic mass is 79.9. The summed E-state index contributed by atoms with van der Waals surface area (Å²) in [7, 11) is 0. The van der Waals surface area contributed by atoms with E-state index in [1.165, 1.54) is 24.3 Å². The van der Waals surface area contributed by atoms with Gasteiger partial charge in [-0.1, -0.05) is 6.07 Å². The van der Waals surface area contributed by atoms with Gasteiger partial charge in [0.2, 0.25) is 0 Å². The number of hydrazine groups is 1. The molecule has 0 aromatic heterocycles. The number of rotatable bonds is 4. The van der Waals surface area contributed by atoms with Crippen LogP contribution in [0.4, 0.5) is 13.2 Å². The van der Waals surface area contributed by atoms with E-state index < -0.39 is 17.7 Å².